The molecule has 164 valence electrons. The van der Waals surface area contributed by atoms with Crippen molar-refractivity contribution in [2.24, 2.45) is 0 Å². The maximum atomic E-state index is 13.3. The molecule has 7 nitrogen and oxygen atoms in total. The Morgan fingerprint density at radius 3 is 2.41 bits per heavy atom. The van der Waals surface area contributed by atoms with Gasteiger partial charge in [0.15, 0.2) is 0 Å². The van der Waals surface area contributed by atoms with Crippen molar-refractivity contribution >= 4 is 29.2 Å². The van der Waals surface area contributed by atoms with Crippen molar-refractivity contribution in [1.82, 2.24) is 25.1 Å². The smallest absolute Gasteiger partial charge is 0.251 e. The molecule has 0 unspecified atom stereocenters. The lowest BCUT2D eigenvalue weighted by molar-refractivity contribution is -0.129. The van der Waals surface area contributed by atoms with Gasteiger partial charge in [-0.15, -0.1) is 0 Å². The first kappa shape index (κ1) is 20.7. The summed E-state index contributed by atoms with van der Waals surface area (Å²) in [6.45, 7) is 1.81. The Bertz CT molecular complexity index is 1100. The van der Waals surface area contributed by atoms with E-state index in [1.54, 1.807) is 4.68 Å². The molecule has 3 heterocycles. The molecule has 0 bridgehead atoms. The quantitative estimate of drug-likeness (QED) is 0.599. The molecule has 2 aromatic carbocycles. The SMILES string of the molecule is O=C(CN1C(c2ccc(Cl)cc2)=C[C@H](c2ccccc2)n2nnnc21)N1CCCCCC1. The minimum atomic E-state index is -0.170. The molecular weight excluding hydrogens is 424 g/mol. The molecule has 1 aromatic heterocycles. The Morgan fingerprint density at radius 1 is 0.969 bits per heavy atom. The number of rotatable bonds is 4. The number of anilines is 1. The molecule has 3 aromatic rings. The number of hydrogen-bond donors (Lipinski definition) is 0. The molecule has 2 aliphatic rings. The van der Waals surface area contributed by atoms with E-state index in [-0.39, 0.29) is 18.5 Å². The molecule has 5 rings (SSSR count). The predicted molar refractivity (Wildman–Crippen MR) is 124 cm³/mol. The van der Waals surface area contributed by atoms with Gasteiger partial charge in [-0.25, -0.2) is 0 Å². The van der Waals surface area contributed by atoms with Gasteiger partial charge in [-0.05, 0) is 52.6 Å². The van der Waals surface area contributed by atoms with Gasteiger partial charge >= 0.3 is 0 Å². The van der Waals surface area contributed by atoms with Gasteiger partial charge in [-0.1, -0.05) is 72.0 Å². The van der Waals surface area contributed by atoms with E-state index in [0.717, 1.165) is 42.8 Å². The largest absolute Gasteiger partial charge is 0.341 e. The third-order valence-corrected chi connectivity index (χ3v) is 6.37. The Balaban J connectivity index is 1.54. The third-order valence-electron chi connectivity index (χ3n) is 6.12. The molecule has 0 radical (unpaired) electrons. The number of likely N-dealkylation sites (tertiary alicyclic amines) is 1. The van der Waals surface area contributed by atoms with Gasteiger partial charge in [0.2, 0.25) is 5.91 Å². The first-order valence-electron chi connectivity index (χ1n) is 11.1. The van der Waals surface area contributed by atoms with Crippen LogP contribution in [0.5, 0.6) is 0 Å². The zero-order valence-electron chi connectivity index (χ0n) is 17.8. The zero-order valence-corrected chi connectivity index (χ0v) is 18.5. The first-order chi connectivity index (χ1) is 15.7. The van der Waals surface area contributed by atoms with Crippen molar-refractivity contribution in [3.8, 4) is 0 Å². The molecule has 0 saturated carbocycles. The number of nitrogens with zero attached hydrogens (tertiary/aromatic N) is 6. The molecule has 1 amide bonds. The van der Waals surface area contributed by atoms with Crippen molar-refractivity contribution < 1.29 is 4.79 Å². The van der Waals surface area contributed by atoms with E-state index in [1.165, 1.54) is 12.8 Å². The highest BCUT2D eigenvalue weighted by Crippen LogP contribution is 2.36. The third kappa shape index (κ3) is 4.12. The van der Waals surface area contributed by atoms with Crippen LogP contribution in [-0.4, -0.2) is 50.6 Å². The van der Waals surface area contributed by atoms with Crippen molar-refractivity contribution in [3.63, 3.8) is 0 Å². The van der Waals surface area contributed by atoms with Crippen LogP contribution in [0.25, 0.3) is 5.70 Å². The van der Waals surface area contributed by atoms with Crippen molar-refractivity contribution in [1.29, 1.82) is 0 Å². The van der Waals surface area contributed by atoms with Gasteiger partial charge in [0.1, 0.15) is 12.6 Å². The number of carbonyl (C=O) groups excluding carboxylic acids is 1. The van der Waals surface area contributed by atoms with Crippen molar-refractivity contribution in [3.05, 3.63) is 76.8 Å². The number of amides is 1. The van der Waals surface area contributed by atoms with E-state index in [0.29, 0.717) is 11.0 Å². The van der Waals surface area contributed by atoms with Crippen LogP contribution < -0.4 is 4.90 Å². The maximum absolute atomic E-state index is 13.3. The molecule has 32 heavy (non-hydrogen) atoms. The van der Waals surface area contributed by atoms with E-state index >= 15 is 0 Å². The Hall–Kier alpha value is -3.19. The molecule has 0 aliphatic carbocycles. The monoisotopic (exact) mass is 448 g/mol. The van der Waals surface area contributed by atoms with Crippen molar-refractivity contribution in [2.75, 3.05) is 24.5 Å². The second-order valence-electron chi connectivity index (χ2n) is 8.22. The number of halogens is 1. The highest BCUT2D eigenvalue weighted by molar-refractivity contribution is 6.30. The first-order valence-corrected chi connectivity index (χ1v) is 11.4. The van der Waals surface area contributed by atoms with Crippen LogP contribution in [0.15, 0.2) is 60.7 Å². The average Bonchev–Trinajstić information content (AvgIpc) is 3.15. The van der Waals surface area contributed by atoms with Gasteiger partial charge in [0.05, 0.1) is 5.70 Å². The van der Waals surface area contributed by atoms with Crippen LogP contribution >= 0.6 is 11.6 Å². The second kappa shape index (κ2) is 9.12. The van der Waals surface area contributed by atoms with Gasteiger partial charge in [0.25, 0.3) is 5.95 Å². The summed E-state index contributed by atoms with van der Waals surface area (Å²) in [6.07, 6.45) is 6.59. The van der Waals surface area contributed by atoms with E-state index in [2.05, 4.69) is 33.7 Å². The molecule has 0 spiro atoms. The molecule has 0 N–H and O–H groups in total. The molecular formula is C24H25ClN6O. The molecule has 1 fully saturated rings. The summed E-state index contributed by atoms with van der Waals surface area (Å²) in [7, 11) is 0. The standard InChI is InChI=1S/C24H25ClN6O/c25-20-12-10-19(11-13-20)21-16-22(18-8-4-3-5-9-18)31-24(26-27-28-31)30(21)17-23(32)29-14-6-1-2-7-15-29/h3-5,8-13,16,22H,1-2,6-7,14-15,17H2/t22-/m1/s1. The Morgan fingerprint density at radius 2 is 1.69 bits per heavy atom. The summed E-state index contributed by atoms with van der Waals surface area (Å²) in [5.74, 6) is 0.661. The zero-order chi connectivity index (χ0) is 21.9. The summed E-state index contributed by atoms with van der Waals surface area (Å²) in [6, 6.07) is 17.6. The number of benzene rings is 2. The van der Waals surface area contributed by atoms with Crippen LogP contribution in [0.2, 0.25) is 5.02 Å². The summed E-state index contributed by atoms with van der Waals surface area (Å²) < 4.78 is 1.78. The fraction of sp³-hybridized carbons (Fsp3) is 0.333. The van der Waals surface area contributed by atoms with E-state index < -0.39 is 0 Å². The van der Waals surface area contributed by atoms with E-state index in [1.807, 2.05) is 52.3 Å². The van der Waals surface area contributed by atoms with Crippen LogP contribution in [0.4, 0.5) is 5.95 Å². The maximum Gasteiger partial charge on any atom is 0.251 e. The lowest BCUT2D eigenvalue weighted by Crippen LogP contribution is -2.42. The van der Waals surface area contributed by atoms with Crippen LogP contribution in [0.3, 0.4) is 0 Å². The fourth-order valence-electron chi connectivity index (χ4n) is 4.44. The van der Waals surface area contributed by atoms with Crippen LogP contribution in [0, 0.1) is 0 Å². The number of tetrazole rings is 1. The second-order valence-corrected chi connectivity index (χ2v) is 8.66. The van der Waals surface area contributed by atoms with E-state index in [4.69, 9.17) is 11.6 Å². The van der Waals surface area contributed by atoms with Crippen LogP contribution in [0.1, 0.15) is 42.9 Å². The minimum Gasteiger partial charge on any atom is -0.341 e. The molecule has 1 saturated heterocycles. The highest BCUT2D eigenvalue weighted by atomic mass is 35.5. The van der Waals surface area contributed by atoms with E-state index in [9.17, 15) is 4.79 Å². The average molecular weight is 449 g/mol. The summed E-state index contributed by atoms with van der Waals surface area (Å²) in [5, 5.41) is 13.2. The topological polar surface area (TPSA) is 67.2 Å². The van der Waals surface area contributed by atoms with Gasteiger partial charge in [0, 0.05) is 18.1 Å². The number of carbonyl (C=O) groups is 1. The van der Waals surface area contributed by atoms with Gasteiger partial charge < -0.3 is 4.90 Å². The molecule has 2 aliphatic heterocycles. The Kier molecular flexibility index (Phi) is 5.90. The Labute approximate surface area is 192 Å². The van der Waals surface area contributed by atoms with Crippen molar-refractivity contribution in [2.45, 2.75) is 31.7 Å². The summed E-state index contributed by atoms with van der Waals surface area (Å²) in [5.41, 5.74) is 2.94. The summed E-state index contributed by atoms with van der Waals surface area (Å²) in [4.78, 5) is 17.2. The van der Waals surface area contributed by atoms with Gasteiger partial charge in [-0.2, -0.15) is 4.68 Å². The van der Waals surface area contributed by atoms with Gasteiger partial charge in [-0.3, -0.25) is 9.69 Å². The number of aromatic nitrogens is 4. The normalized spacial score (nSPS) is 18.7. The summed E-state index contributed by atoms with van der Waals surface area (Å²) >= 11 is 6.15. The fourth-order valence-corrected chi connectivity index (χ4v) is 4.56. The molecule has 8 heteroatoms. The lowest BCUT2D eigenvalue weighted by atomic mass is 10.0. The number of hydrogen-bond acceptors (Lipinski definition) is 5. The predicted octanol–water partition coefficient (Wildman–Crippen LogP) is 4.18. The molecule has 1 atom stereocenters. The number of allylic oxidation sites excluding steroid dienone is 1. The number of fused-ring (bicyclic) bond motifs is 1. The minimum absolute atomic E-state index is 0.0967. The van der Waals surface area contributed by atoms with Crippen LogP contribution in [-0.2, 0) is 4.79 Å². The highest BCUT2D eigenvalue weighted by Gasteiger charge is 2.32. The lowest BCUT2D eigenvalue weighted by Gasteiger charge is -2.34.